The van der Waals surface area contributed by atoms with E-state index in [2.05, 4.69) is 84.2 Å². The molecule has 2 N–H and O–H groups in total. The summed E-state index contributed by atoms with van der Waals surface area (Å²) in [7, 11) is -2.93. The quantitative estimate of drug-likeness (QED) is 0.124. The molecule has 2 unspecified atom stereocenters. The number of β-amino-alcohol motifs (C(OH)–C–C–N with tert-alkyl or cyclic N) is 1. The standard InChI is InChI=1S/C50H56F3N5O4Si/c1-6-38-41(52)19-18-33-22-35(59)23-39(42(33)38)44-43(53)45-40(26-54-44)46(56-47(55-45)61-31-50-20-13-21-58(50)28-34(51)25-50)57-27-32(24-49(5,60)30-57)29-62-63(48(2,3)4,36-14-9-7-10-15-36)37-16-11-8-12-17-37/h7-12,14-19,22-23,26,32,34,59-60H,6,13,20-21,24-25,27-31H2,1-5H3/t32?,34-,49?,50+/m1/s1. The topological polar surface area (TPSA) is 104 Å². The molecular formula is C50H56F3N5O4Si. The lowest BCUT2D eigenvalue weighted by molar-refractivity contribution is 0.0145. The van der Waals surface area contributed by atoms with Crippen LogP contribution in [0.1, 0.15) is 65.9 Å². The number of ether oxygens (including phenoxy) is 1. The number of benzene rings is 4. The largest absolute Gasteiger partial charge is 0.508 e. The SMILES string of the molecule is CCc1c(F)ccc2cc(O)cc(-c3ncc4c(N5CC(CO[Si](c6ccccc6)(c6ccccc6)C(C)(C)C)CC(C)(O)C5)nc(OC[C@@]56CCCN5C[C@H](F)C6)nc4c3F)c12. The van der Waals surface area contributed by atoms with Gasteiger partial charge in [-0.05, 0) is 89.1 Å². The van der Waals surface area contributed by atoms with Crippen molar-refractivity contribution < 1.29 is 32.5 Å². The van der Waals surface area contributed by atoms with E-state index in [0.717, 1.165) is 29.8 Å². The molecule has 3 fully saturated rings. The molecule has 0 amide bonds. The molecule has 0 saturated carbocycles. The maximum Gasteiger partial charge on any atom is 0.319 e. The van der Waals surface area contributed by atoms with Crippen molar-refractivity contribution >= 4 is 46.2 Å². The van der Waals surface area contributed by atoms with Gasteiger partial charge >= 0.3 is 6.01 Å². The highest BCUT2D eigenvalue weighted by atomic mass is 28.4. The maximum atomic E-state index is 17.5. The van der Waals surface area contributed by atoms with Gasteiger partial charge in [-0.2, -0.15) is 9.97 Å². The molecule has 4 aromatic carbocycles. The number of aliphatic hydroxyl groups is 1. The van der Waals surface area contributed by atoms with E-state index in [4.69, 9.17) is 14.1 Å². The lowest BCUT2D eigenvalue weighted by atomic mass is 9.87. The number of nitrogens with zero attached hydrogens (tertiary/aromatic N) is 5. The molecule has 330 valence electrons. The van der Waals surface area contributed by atoms with E-state index >= 15 is 8.78 Å². The second-order valence-electron chi connectivity index (χ2n) is 19.3. The van der Waals surface area contributed by atoms with E-state index in [0.29, 0.717) is 66.5 Å². The lowest BCUT2D eigenvalue weighted by Crippen LogP contribution is -2.67. The number of fused-ring (bicyclic) bond motifs is 3. The number of halogens is 3. The number of anilines is 1. The lowest BCUT2D eigenvalue weighted by Gasteiger charge is -2.46. The Morgan fingerprint density at radius 3 is 2.33 bits per heavy atom. The first-order valence-corrected chi connectivity index (χ1v) is 24.1. The number of piperidine rings is 1. The van der Waals surface area contributed by atoms with Crippen molar-refractivity contribution in [1.82, 2.24) is 19.9 Å². The predicted octanol–water partition coefficient (Wildman–Crippen LogP) is 8.50. The molecule has 13 heteroatoms. The van der Waals surface area contributed by atoms with Crippen molar-refractivity contribution in [2.24, 2.45) is 5.92 Å². The smallest absolute Gasteiger partial charge is 0.319 e. The van der Waals surface area contributed by atoms with Gasteiger partial charge in [0.15, 0.2) is 5.82 Å². The Hall–Kier alpha value is -5.08. The van der Waals surface area contributed by atoms with E-state index in [1.165, 1.54) is 24.4 Å². The fourth-order valence-corrected chi connectivity index (χ4v) is 15.7. The van der Waals surface area contributed by atoms with E-state index in [-0.39, 0.29) is 52.6 Å². The first kappa shape index (κ1) is 43.2. The summed E-state index contributed by atoms with van der Waals surface area (Å²) in [5.74, 6) is -1.19. The van der Waals surface area contributed by atoms with E-state index < -0.39 is 37.3 Å². The highest BCUT2D eigenvalue weighted by Crippen LogP contribution is 2.43. The van der Waals surface area contributed by atoms with E-state index in [9.17, 15) is 14.6 Å². The van der Waals surface area contributed by atoms with Gasteiger partial charge < -0.3 is 24.3 Å². The fraction of sp³-hybridized carbons (Fsp3) is 0.420. The molecule has 9 nitrogen and oxygen atoms in total. The van der Waals surface area contributed by atoms with Gasteiger partial charge in [-0.1, -0.05) is 94.4 Å². The highest BCUT2D eigenvalue weighted by molar-refractivity contribution is 6.99. The van der Waals surface area contributed by atoms with Crippen LogP contribution < -0.4 is 20.0 Å². The van der Waals surface area contributed by atoms with Crippen molar-refractivity contribution in [3.05, 3.63) is 108 Å². The third-order valence-electron chi connectivity index (χ3n) is 13.6. The molecule has 5 heterocycles. The highest BCUT2D eigenvalue weighted by Gasteiger charge is 2.52. The van der Waals surface area contributed by atoms with Gasteiger partial charge in [0.25, 0.3) is 8.32 Å². The van der Waals surface area contributed by atoms with Crippen LogP contribution in [0.3, 0.4) is 0 Å². The minimum atomic E-state index is -2.93. The Morgan fingerprint density at radius 2 is 1.65 bits per heavy atom. The Bertz CT molecular complexity index is 2610. The molecule has 6 aromatic rings. The first-order chi connectivity index (χ1) is 30.1. The molecule has 2 aromatic heterocycles. The summed E-state index contributed by atoms with van der Waals surface area (Å²) in [5, 5.41) is 26.2. The maximum absolute atomic E-state index is 17.5. The van der Waals surface area contributed by atoms with Gasteiger partial charge in [-0.25, -0.2) is 13.2 Å². The van der Waals surface area contributed by atoms with Crippen LogP contribution >= 0.6 is 0 Å². The van der Waals surface area contributed by atoms with Gasteiger partial charge in [-0.15, -0.1) is 0 Å². The van der Waals surface area contributed by atoms with Crippen molar-refractivity contribution in [3.8, 4) is 23.0 Å². The molecule has 9 rings (SSSR count). The van der Waals surface area contributed by atoms with E-state index in [1.807, 2.05) is 24.0 Å². The van der Waals surface area contributed by atoms with Crippen LogP contribution in [0.25, 0.3) is 32.9 Å². The van der Waals surface area contributed by atoms with Crippen LogP contribution in [0.2, 0.25) is 5.04 Å². The van der Waals surface area contributed by atoms with Gasteiger partial charge in [0.05, 0.1) is 16.5 Å². The number of hydrogen-bond donors (Lipinski definition) is 2. The zero-order valence-corrected chi connectivity index (χ0v) is 37.7. The molecule has 0 bridgehead atoms. The number of hydrogen-bond acceptors (Lipinski definition) is 9. The average Bonchev–Trinajstić information content (AvgIpc) is 3.78. The van der Waals surface area contributed by atoms with Crippen LogP contribution in [-0.2, 0) is 10.8 Å². The van der Waals surface area contributed by atoms with Crippen molar-refractivity contribution in [3.63, 3.8) is 0 Å². The van der Waals surface area contributed by atoms with E-state index in [1.54, 1.807) is 13.0 Å². The second kappa shape index (κ2) is 16.5. The number of rotatable bonds is 11. The molecule has 63 heavy (non-hydrogen) atoms. The summed E-state index contributed by atoms with van der Waals surface area (Å²) in [6.07, 6.45) is 3.33. The Labute approximate surface area is 368 Å². The monoisotopic (exact) mass is 875 g/mol. The predicted molar refractivity (Wildman–Crippen MR) is 244 cm³/mol. The summed E-state index contributed by atoms with van der Waals surface area (Å²) >= 11 is 0. The summed E-state index contributed by atoms with van der Waals surface area (Å²) < 4.78 is 61.4. The third kappa shape index (κ3) is 7.85. The summed E-state index contributed by atoms with van der Waals surface area (Å²) in [6, 6.07) is 26.6. The van der Waals surface area contributed by atoms with Gasteiger partial charge in [-0.3, -0.25) is 9.88 Å². The summed E-state index contributed by atoms with van der Waals surface area (Å²) in [5.41, 5.74) is -1.29. The molecular weight excluding hydrogens is 820 g/mol. The molecule has 3 saturated heterocycles. The van der Waals surface area contributed by atoms with Crippen LogP contribution in [0.5, 0.6) is 11.8 Å². The summed E-state index contributed by atoms with van der Waals surface area (Å²) in [4.78, 5) is 18.4. The molecule has 0 radical (unpaired) electrons. The van der Waals surface area contributed by atoms with Crippen molar-refractivity contribution in [2.45, 2.75) is 89.1 Å². The molecule has 4 atom stereocenters. The van der Waals surface area contributed by atoms with Crippen LogP contribution in [-0.4, -0.2) is 95.1 Å². The van der Waals surface area contributed by atoms with Crippen LogP contribution in [0, 0.1) is 17.6 Å². The van der Waals surface area contributed by atoms with Gasteiger partial charge in [0.2, 0.25) is 0 Å². The number of phenols is 1. The molecule has 3 aliphatic heterocycles. The Kier molecular flexibility index (Phi) is 11.3. The van der Waals surface area contributed by atoms with Crippen LogP contribution in [0.4, 0.5) is 19.0 Å². The van der Waals surface area contributed by atoms with Crippen molar-refractivity contribution in [1.29, 1.82) is 0 Å². The first-order valence-electron chi connectivity index (χ1n) is 22.2. The van der Waals surface area contributed by atoms with Gasteiger partial charge in [0, 0.05) is 50.3 Å². The molecule has 3 aliphatic rings. The zero-order valence-electron chi connectivity index (χ0n) is 36.7. The number of phenolic OH excluding ortho intramolecular Hbond substituents is 1. The number of aromatic nitrogens is 3. The fourth-order valence-electron chi connectivity index (χ4n) is 11.0. The normalized spacial score (nSPS) is 23.2. The average molecular weight is 876 g/mol. The van der Waals surface area contributed by atoms with Gasteiger partial charge in [0.1, 0.15) is 41.4 Å². The number of pyridine rings is 1. The number of aromatic hydroxyl groups is 1. The Morgan fingerprint density at radius 1 is 0.937 bits per heavy atom. The Balaban J connectivity index is 1.14. The molecule has 0 spiro atoms. The zero-order chi connectivity index (χ0) is 44.3. The molecule has 0 aliphatic carbocycles. The third-order valence-corrected chi connectivity index (χ3v) is 18.6. The number of alkyl halides is 1. The summed E-state index contributed by atoms with van der Waals surface area (Å²) in [6.45, 7) is 12.5. The second-order valence-corrected chi connectivity index (χ2v) is 23.6. The minimum absolute atomic E-state index is 0.0770. The minimum Gasteiger partial charge on any atom is -0.508 e. The van der Waals surface area contributed by atoms with Crippen LogP contribution in [0.15, 0.2) is 91.1 Å². The van der Waals surface area contributed by atoms with Crippen molar-refractivity contribution in [2.75, 3.05) is 44.3 Å². The number of aryl methyl sites for hydroxylation is 1.